The van der Waals surface area contributed by atoms with Gasteiger partial charge in [-0.25, -0.2) is 0 Å². The molecule has 0 bridgehead atoms. The molecule has 0 heterocycles. The van der Waals surface area contributed by atoms with E-state index in [-0.39, 0.29) is 16.9 Å². The van der Waals surface area contributed by atoms with Gasteiger partial charge in [0.05, 0.1) is 6.10 Å². The molecule has 0 aliphatic heterocycles. The maximum absolute atomic E-state index is 9.73. The highest BCUT2D eigenvalue weighted by molar-refractivity contribution is 5.47. The van der Waals surface area contributed by atoms with Crippen LogP contribution < -0.4 is 5.32 Å². The second-order valence-corrected chi connectivity index (χ2v) is 7.10. The van der Waals surface area contributed by atoms with Crippen LogP contribution in [0.1, 0.15) is 46.6 Å². The van der Waals surface area contributed by atoms with Crippen LogP contribution in [0.2, 0.25) is 0 Å². The summed E-state index contributed by atoms with van der Waals surface area (Å²) in [7, 11) is 0. The lowest BCUT2D eigenvalue weighted by Gasteiger charge is -2.49. The van der Waals surface area contributed by atoms with E-state index in [0.29, 0.717) is 6.04 Å². The standard InChI is InChI=1S/C16H25NO/c1-15(2,3)11-6-8-12(9-7-11)17-13-10-14(18)16(13,4)5/h6-9,13-14,17-18H,10H2,1-5H3. The van der Waals surface area contributed by atoms with E-state index in [9.17, 15) is 5.11 Å². The minimum absolute atomic E-state index is 0.0251. The Bertz CT molecular complexity index is 414. The first-order valence-corrected chi connectivity index (χ1v) is 6.76. The fourth-order valence-corrected chi connectivity index (χ4v) is 2.42. The molecule has 0 aromatic heterocycles. The summed E-state index contributed by atoms with van der Waals surface area (Å²) in [6.07, 6.45) is 0.664. The van der Waals surface area contributed by atoms with Gasteiger partial charge in [-0.05, 0) is 29.5 Å². The summed E-state index contributed by atoms with van der Waals surface area (Å²) >= 11 is 0. The summed E-state index contributed by atoms with van der Waals surface area (Å²) in [6.45, 7) is 10.9. The summed E-state index contributed by atoms with van der Waals surface area (Å²) in [5.41, 5.74) is 2.67. The van der Waals surface area contributed by atoms with Gasteiger partial charge >= 0.3 is 0 Å². The van der Waals surface area contributed by atoms with E-state index in [1.54, 1.807) is 0 Å². The van der Waals surface area contributed by atoms with Crippen LogP contribution in [0.5, 0.6) is 0 Å². The molecule has 0 radical (unpaired) electrons. The molecular weight excluding hydrogens is 222 g/mol. The van der Waals surface area contributed by atoms with Gasteiger partial charge in [0.15, 0.2) is 0 Å². The van der Waals surface area contributed by atoms with Crippen molar-refractivity contribution in [1.29, 1.82) is 0 Å². The van der Waals surface area contributed by atoms with Crippen molar-refractivity contribution in [3.8, 4) is 0 Å². The summed E-state index contributed by atoms with van der Waals surface area (Å²) in [6, 6.07) is 9.02. The summed E-state index contributed by atoms with van der Waals surface area (Å²) < 4.78 is 0. The number of nitrogens with one attached hydrogen (secondary N) is 1. The fraction of sp³-hybridized carbons (Fsp3) is 0.625. The third-order valence-corrected chi connectivity index (χ3v) is 4.31. The first-order chi connectivity index (χ1) is 8.21. The van der Waals surface area contributed by atoms with Crippen molar-refractivity contribution in [3.05, 3.63) is 29.8 Å². The van der Waals surface area contributed by atoms with Crippen molar-refractivity contribution in [3.63, 3.8) is 0 Å². The molecule has 1 fully saturated rings. The quantitative estimate of drug-likeness (QED) is 0.837. The van der Waals surface area contributed by atoms with E-state index >= 15 is 0 Å². The van der Waals surface area contributed by atoms with E-state index in [2.05, 4.69) is 64.2 Å². The van der Waals surface area contributed by atoms with E-state index in [0.717, 1.165) is 12.1 Å². The minimum Gasteiger partial charge on any atom is -0.392 e. The molecule has 2 heteroatoms. The predicted molar refractivity (Wildman–Crippen MR) is 77.0 cm³/mol. The first-order valence-electron chi connectivity index (χ1n) is 6.76. The number of hydrogen-bond acceptors (Lipinski definition) is 2. The van der Waals surface area contributed by atoms with E-state index in [1.807, 2.05) is 0 Å². The topological polar surface area (TPSA) is 32.3 Å². The molecule has 2 nitrogen and oxygen atoms in total. The van der Waals surface area contributed by atoms with Gasteiger partial charge in [0.2, 0.25) is 0 Å². The van der Waals surface area contributed by atoms with Crippen LogP contribution in [-0.4, -0.2) is 17.3 Å². The normalized spacial score (nSPS) is 26.6. The van der Waals surface area contributed by atoms with Crippen LogP contribution in [0, 0.1) is 5.41 Å². The molecular formula is C16H25NO. The summed E-state index contributed by atoms with van der Waals surface area (Å²) in [4.78, 5) is 0. The van der Waals surface area contributed by atoms with Gasteiger partial charge in [0.1, 0.15) is 0 Å². The Kier molecular flexibility index (Phi) is 3.18. The van der Waals surface area contributed by atoms with Gasteiger partial charge in [-0.1, -0.05) is 46.8 Å². The molecule has 2 N–H and O–H groups in total. The zero-order valence-electron chi connectivity index (χ0n) is 12.1. The average molecular weight is 247 g/mol. The summed E-state index contributed by atoms with van der Waals surface area (Å²) in [5, 5.41) is 13.3. The lowest BCUT2D eigenvalue weighted by Crippen LogP contribution is -2.56. The Balaban J connectivity index is 2.04. The van der Waals surface area contributed by atoms with Crippen molar-refractivity contribution in [2.45, 2.75) is 58.6 Å². The Morgan fingerprint density at radius 2 is 1.72 bits per heavy atom. The maximum atomic E-state index is 9.73. The van der Waals surface area contributed by atoms with Gasteiger partial charge in [0, 0.05) is 17.1 Å². The second-order valence-electron chi connectivity index (χ2n) is 7.10. The van der Waals surface area contributed by atoms with Gasteiger partial charge in [-0.3, -0.25) is 0 Å². The van der Waals surface area contributed by atoms with Crippen LogP contribution in [-0.2, 0) is 5.41 Å². The molecule has 1 aliphatic carbocycles. The number of anilines is 1. The van der Waals surface area contributed by atoms with Gasteiger partial charge in [-0.15, -0.1) is 0 Å². The lowest BCUT2D eigenvalue weighted by molar-refractivity contribution is -0.0510. The largest absolute Gasteiger partial charge is 0.392 e. The van der Waals surface area contributed by atoms with Gasteiger partial charge in [0.25, 0.3) is 0 Å². The molecule has 0 spiro atoms. The number of hydrogen-bond donors (Lipinski definition) is 2. The molecule has 1 aromatic carbocycles. The highest BCUT2D eigenvalue weighted by Crippen LogP contribution is 2.42. The molecule has 1 aliphatic rings. The average Bonchev–Trinajstić information content (AvgIpc) is 2.28. The number of rotatable bonds is 2. The van der Waals surface area contributed by atoms with Crippen LogP contribution in [0.25, 0.3) is 0 Å². The van der Waals surface area contributed by atoms with Crippen LogP contribution >= 0.6 is 0 Å². The summed E-state index contributed by atoms with van der Waals surface area (Å²) in [5.74, 6) is 0. The fourth-order valence-electron chi connectivity index (χ4n) is 2.42. The smallest absolute Gasteiger partial charge is 0.0630 e. The van der Waals surface area contributed by atoms with Crippen molar-refractivity contribution in [2.24, 2.45) is 5.41 Å². The molecule has 1 aromatic rings. The maximum Gasteiger partial charge on any atom is 0.0630 e. The SMILES string of the molecule is CC(C)(C)c1ccc(NC2CC(O)C2(C)C)cc1. The molecule has 2 unspecified atom stereocenters. The Morgan fingerprint density at radius 1 is 1.17 bits per heavy atom. The zero-order chi connectivity index (χ0) is 13.6. The van der Waals surface area contributed by atoms with Crippen molar-refractivity contribution in [2.75, 3.05) is 5.32 Å². The highest BCUT2D eigenvalue weighted by Gasteiger charge is 2.47. The zero-order valence-corrected chi connectivity index (χ0v) is 12.1. The molecule has 2 atom stereocenters. The number of benzene rings is 1. The second kappa shape index (κ2) is 4.27. The van der Waals surface area contributed by atoms with E-state index in [4.69, 9.17) is 0 Å². The predicted octanol–water partition coefficient (Wildman–Crippen LogP) is 3.56. The van der Waals surface area contributed by atoms with Crippen molar-refractivity contribution in [1.82, 2.24) is 0 Å². The molecule has 100 valence electrons. The number of aliphatic hydroxyl groups is 1. The lowest BCUT2D eigenvalue weighted by atomic mass is 9.64. The van der Waals surface area contributed by atoms with Gasteiger partial charge in [-0.2, -0.15) is 0 Å². The Morgan fingerprint density at radius 3 is 2.11 bits per heavy atom. The van der Waals surface area contributed by atoms with E-state index < -0.39 is 0 Å². The molecule has 0 amide bonds. The monoisotopic (exact) mass is 247 g/mol. The molecule has 2 rings (SSSR count). The third kappa shape index (κ3) is 2.39. The molecule has 18 heavy (non-hydrogen) atoms. The minimum atomic E-state index is -0.177. The Hall–Kier alpha value is -1.02. The molecule has 1 saturated carbocycles. The van der Waals surface area contributed by atoms with Crippen LogP contribution in [0.15, 0.2) is 24.3 Å². The van der Waals surface area contributed by atoms with E-state index in [1.165, 1.54) is 5.56 Å². The van der Waals surface area contributed by atoms with Crippen molar-refractivity contribution >= 4 is 5.69 Å². The van der Waals surface area contributed by atoms with Crippen molar-refractivity contribution < 1.29 is 5.11 Å². The van der Waals surface area contributed by atoms with Gasteiger partial charge < -0.3 is 10.4 Å². The first kappa shape index (κ1) is 13.4. The van der Waals surface area contributed by atoms with Crippen LogP contribution in [0.3, 0.4) is 0 Å². The van der Waals surface area contributed by atoms with Crippen LogP contribution in [0.4, 0.5) is 5.69 Å². The highest BCUT2D eigenvalue weighted by atomic mass is 16.3. The number of aliphatic hydroxyl groups excluding tert-OH is 1. The third-order valence-electron chi connectivity index (χ3n) is 4.31. The Labute approximate surface area is 110 Å². The molecule has 0 saturated heterocycles.